The van der Waals surface area contributed by atoms with Crippen molar-refractivity contribution < 1.29 is 28.1 Å². The summed E-state index contributed by atoms with van der Waals surface area (Å²) in [5, 5.41) is 0. The van der Waals surface area contributed by atoms with E-state index in [0.29, 0.717) is 22.3 Å². The molecule has 33 heavy (non-hydrogen) atoms. The SMILES string of the molecule is C=C(CCC(=C)C(=O)c1ccccc1)OP(=O)(O)Oc1ccc(C(=O)c2ccccc2)cc1. The molecule has 3 aromatic carbocycles. The molecular weight excluding hydrogens is 439 g/mol. The predicted molar refractivity (Wildman–Crippen MR) is 126 cm³/mol. The first-order valence-corrected chi connectivity index (χ1v) is 11.6. The van der Waals surface area contributed by atoms with Crippen molar-refractivity contribution in [3.63, 3.8) is 0 Å². The summed E-state index contributed by atoms with van der Waals surface area (Å²) in [6.45, 7) is 7.40. The number of Topliss-reactive ketones (excluding diaryl/α,β-unsaturated/α-hetero) is 1. The molecule has 0 aromatic heterocycles. The molecule has 3 rings (SSSR count). The van der Waals surface area contributed by atoms with E-state index in [9.17, 15) is 19.0 Å². The summed E-state index contributed by atoms with van der Waals surface area (Å²) in [6, 6.07) is 23.3. The van der Waals surface area contributed by atoms with Crippen LogP contribution in [0.5, 0.6) is 5.75 Å². The Morgan fingerprint density at radius 3 is 1.85 bits per heavy atom. The lowest BCUT2D eigenvalue weighted by molar-refractivity contribution is 0.102. The molecule has 1 unspecified atom stereocenters. The lowest BCUT2D eigenvalue weighted by Crippen LogP contribution is -2.04. The van der Waals surface area contributed by atoms with Gasteiger partial charge in [-0.15, -0.1) is 0 Å². The largest absolute Gasteiger partial charge is 0.584 e. The first kappa shape index (κ1) is 23.9. The Balaban J connectivity index is 1.52. The summed E-state index contributed by atoms with van der Waals surface area (Å²) in [5.74, 6) is -0.346. The Morgan fingerprint density at radius 1 is 0.758 bits per heavy atom. The van der Waals surface area contributed by atoms with Crippen LogP contribution in [0.3, 0.4) is 0 Å². The van der Waals surface area contributed by atoms with Gasteiger partial charge < -0.3 is 9.05 Å². The highest BCUT2D eigenvalue weighted by Crippen LogP contribution is 2.46. The maximum Gasteiger partial charge on any atom is 0.584 e. The second-order valence-corrected chi connectivity index (χ2v) is 8.51. The van der Waals surface area contributed by atoms with Gasteiger partial charge in [0, 0.05) is 23.1 Å². The molecule has 6 nitrogen and oxygen atoms in total. The maximum absolute atomic E-state index is 12.4. The van der Waals surface area contributed by atoms with E-state index in [1.165, 1.54) is 24.3 Å². The average Bonchev–Trinajstić information content (AvgIpc) is 2.82. The van der Waals surface area contributed by atoms with E-state index in [-0.39, 0.29) is 35.9 Å². The molecule has 0 radical (unpaired) electrons. The smallest absolute Gasteiger partial charge is 0.400 e. The van der Waals surface area contributed by atoms with Gasteiger partial charge in [-0.1, -0.05) is 73.8 Å². The highest BCUT2D eigenvalue weighted by molar-refractivity contribution is 7.48. The monoisotopic (exact) mass is 462 g/mol. The number of hydrogen-bond acceptors (Lipinski definition) is 5. The third-order valence-corrected chi connectivity index (χ3v) is 5.61. The third kappa shape index (κ3) is 6.88. The molecule has 0 saturated heterocycles. The first-order valence-electron chi connectivity index (χ1n) is 10.1. The second kappa shape index (κ2) is 10.7. The molecule has 1 atom stereocenters. The van der Waals surface area contributed by atoms with Gasteiger partial charge in [0.05, 0.1) is 0 Å². The number of phosphoric ester groups is 1. The maximum atomic E-state index is 12.4. The molecule has 7 heteroatoms. The van der Waals surface area contributed by atoms with Crippen LogP contribution in [0.2, 0.25) is 0 Å². The second-order valence-electron chi connectivity index (χ2n) is 7.21. The van der Waals surface area contributed by atoms with E-state index in [4.69, 9.17) is 9.05 Å². The van der Waals surface area contributed by atoms with Crippen LogP contribution in [0.25, 0.3) is 0 Å². The van der Waals surface area contributed by atoms with Gasteiger partial charge in [0.1, 0.15) is 11.5 Å². The fraction of sp³-hybridized carbons (Fsp3) is 0.0769. The number of benzene rings is 3. The van der Waals surface area contributed by atoms with Crippen LogP contribution in [0.4, 0.5) is 0 Å². The molecule has 0 aliphatic rings. The van der Waals surface area contributed by atoms with Gasteiger partial charge in [0.25, 0.3) is 0 Å². The van der Waals surface area contributed by atoms with Crippen molar-refractivity contribution in [2.24, 2.45) is 0 Å². The van der Waals surface area contributed by atoms with Gasteiger partial charge in [0.15, 0.2) is 11.6 Å². The lowest BCUT2D eigenvalue weighted by atomic mass is 10.0. The Morgan fingerprint density at radius 2 is 1.27 bits per heavy atom. The van der Waals surface area contributed by atoms with E-state index < -0.39 is 7.82 Å². The number of ketones is 2. The molecule has 0 bridgehead atoms. The summed E-state index contributed by atoms with van der Waals surface area (Å²) in [4.78, 5) is 34.8. The van der Waals surface area contributed by atoms with Crippen LogP contribution >= 0.6 is 7.82 Å². The summed E-state index contributed by atoms with van der Waals surface area (Å²) < 4.78 is 22.4. The van der Waals surface area contributed by atoms with Crippen molar-refractivity contribution in [2.75, 3.05) is 0 Å². The predicted octanol–water partition coefficient (Wildman–Crippen LogP) is 6.15. The number of carbonyl (C=O) groups excluding carboxylic acids is 2. The first-order chi connectivity index (χ1) is 15.7. The van der Waals surface area contributed by atoms with Crippen LogP contribution in [0, 0.1) is 0 Å². The van der Waals surface area contributed by atoms with Gasteiger partial charge in [-0.3, -0.25) is 14.5 Å². The molecule has 1 N–H and O–H groups in total. The normalized spacial score (nSPS) is 12.3. The van der Waals surface area contributed by atoms with Gasteiger partial charge in [-0.2, -0.15) is 0 Å². The Bertz CT molecular complexity index is 1200. The fourth-order valence-electron chi connectivity index (χ4n) is 2.98. The van der Waals surface area contributed by atoms with Crippen LogP contribution in [0.15, 0.2) is 109 Å². The minimum atomic E-state index is -4.51. The summed E-state index contributed by atoms with van der Waals surface area (Å²) >= 11 is 0. The Kier molecular flexibility index (Phi) is 7.78. The molecule has 0 saturated carbocycles. The van der Waals surface area contributed by atoms with E-state index in [1.54, 1.807) is 48.5 Å². The van der Waals surface area contributed by atoms with E-state index in [2.05, 4.69) is 13.2 Å². The average molecular weight is 462 g/mol. The van der Waals surface area contributed by atoms with Crippen LogP contribution in [-0.2, 0) is 9.09 Å². The van der Waals surface area contributed by atoms with Crippen molar-refractivity contribution >= 4 is 19.4 Å². The quantitative estimate of drug-likeness (QED) is 0.159. The Labute approximate surface area is 192 Å². The van der Waals surface area contributed by atoms with Crippen molar-refractivity contribution in [3.8, 4) is 5.75 Å². The molecule has 0 spiro atoms. The zero-order valence-electron chi connectivity index (χ0n) is 17.8. The number of allylic oxidation sites excluding steroid dienone is 2. The van der Waals surface area contributed by atoms with Gasteiger partial charge in [0.2, 0.25) is 0 Å². The topological polar surface area (TPSA) is 89.9 Å². The fourth-order valence-corrected chi connectivity index (χ4v) is 3.82. The van der Waals surface area contributed by atoms with Crippen molar-refractivity contribution in [2.45, 2.75) is 12.8 Å². The molecule has 0 fully saturated rings. The van der Waals surface area contributed by atoms with Gasteiger partial charge in [-0.25, -0.2) is 4.57 Å². The minimum Gasteiger partial charge on any atom is -0.400 e. The highest BCUT2D eigenvalue weighted by Gasteiger charge is 2.26. The molecule has 3 aromatic rings. The highest BCUT2D eigenvalue weighted by atomic mass is 31.2. The molecule has 0 heterocycles. The van der Waals surface area contributed by atoms with Crippen molar-refractivity contribution in [1.82, 2.24) is 0 Å². The third-order valence-electron chi connectivity index (χ3n) is 4.68. The number of hydrogen-bond donors (Lipinski definition) is 1. The Hall–Kier alpha value is -3.73. The minimum absolute atomic E-state index is 0.0151. The molecule has 0 aliphatic carbocycles. The molecule has 0 aliphatic heterocycles. The van der Waals surface area contributed by atoms with Gasteiger partial charge in [-0.05, 0) is 36.3 Å². The summed E-state index contributed by atoms with van der Waals surface area (Å²) in [6.07, 6.45) is 0.332. The van der Waals surface area contributed by atoms with Crippen molar-refractivity contribution in [1.29, 1.82) is 0 Å². The van der Waals surface area contributed by atoms with Crippen LogP contribution in [0.1, 0.15) is 39.1 Å². The summed E-state index contributed by atoms with van der Waals surface area (Å²) in [5.41, 5.74) is 1.79. The zero-order valence-corrected chi connectivity index (χ0v) is 18.7. The standard InChI is InChI=1S/C26H23O6P/c1-19(25(27)21-9-5-3-6-10-21)13-14-20(2)31-33(29,30)32-24-17-15-23(16-18-24)26(28)22-11-7-4-8-12-22/h3-12,15-18H,1-2,13-14H2,(H,29,30). The molecule has 168 valence electrons. The molecule has 0 amide bonds. The van der Waals surface area contributed by atoms with Gasteiger partial charge >= 0.3 is 7.82 Å². The van der Waals surface area contributed by atoms with Crippen molar-refractivity contribution in [3.05, 3.63) is 126 Å². The van der Waals surface area contributed by atoms with E-state index >= 15 is 0 Å². The van der Waals surface area contributed by atoms with Crippen LogP contribution < -0.4 is 4.52 Å². The summed E-state index contributed by atoms with van der Waals surface area (Å²) in [7, 11) is -4.51. The zero-order chi connectivity index (χ0) is 23.8. The number of phosphoric acid groups is 1. The number of rotatable bonds is 11. The van der Waals surface area contributed by atoms with E-state index in [0.717, 1.165) is 0 Å². The van der Waals surface area contributed by atoms with Crippen LogP contribution in [-0.4, -0.2) is 16.5 Å². The van der Waals surface area contributed by atoms with E-state index in [1.807, 2.05) is 12.1 Å². The lowest BCUT2D eigenvalue weighted by Gasteiger charge is -2.15. The number of carbonyl (C=O) groups is 2. The molecular formula is C26H23O6P.